The lowest BCUT2D eigenvalue weighted by molar-refractivity contribution is -0.126. The first-order valence-corrected chi connectivity index (χ1v) is 8.12. The van der Waals surface area contributed by atoms with E-state index in [1.165, 1.54) is 18.7 Å². The molecule has 23 heavy (non-hydrogen) atoms. The quantitative estimate of drug-likeness (QED) is 0.604. The molecule has 2 aromatic heterocycles. The second-order valence-corrected chi connectivity index (χ2v) is 5.65. The van der Waals surface area contributed by atoms with Crippen LogP contribution >= 0.6 is 11.8 Å². The van der Waals surface area contributed by atoms with Crippen LogP contribution < -0.4 is 10.9 Å². The van der Waals surface area contributed by atoms with Gasteiger partial charge in [0.25, 0.3) is 0 Å². The van der Waals surface area contributed by atoms with E-state index in [1.54, 1.807) is 12.4 Å². The van der Waals surface area contributed by atoms with Crippen molar-refractivity contribution in [2.24, 2.45) is 0 Å². The number of pyridine rings is 1. The standard InChI is InChI=1S/C14H18N6O2S/c1-3-8-20-13(11-4-6-15-7-5-11)18-19-14(20)23-9-12(22)17-16-10(2)21/h4-7H,3,8-9H2,1-2H3,(H,16,21)(H,17,22). The number of hydrazine groups is 1. The fourth-order valence-electron chi connectivity index (χ4n) is 1.86. The Hall–Kier alpha value is -2.42. The third kappa shape index (κ3) is 4.78. The second kappa shape index (κ2) is 8.28. The zero-order chi connectivity index (χ0) is 16.7. The molecule has 0 spiro atoms. The van der Waals surface area contributed by atoms with E-state index >= 15 is 0 Å². The van der Waals surface area contributed by atoms with Crippen molar-refractivity contribution in [3.8, 4) is 11.4 Å². The zero-order valence-corrected chi connectivity index (χ0v) is 13.8. The summed E-state index contributed by atoms with van der Waals surface area (Å²) in [7, 11) is 0. The van der Waals surface area contributed by atoms with Crippen molar-refractivity contribution >= 4 is 23.6 Å². The van der Waals surface area contributed by atoms with Crippen molar-refractivity contribution in [2.45, 2.75) is 32.0 Å². The fraction of sp³-hybridized carbons (Fsp3) is 0.357. The summed E-state index contributed by atoms with van der Waals surface area (Å²) in [5.74, 6) is 0.261. The molecule has 0 aliphatic rings. The molecule has 122 valence electrons. The van der Waals surface area contributed by atoms with Gasteiger partial charge < -0.3 is 4.57 Å². The van der Waals surface area contributed by atoms with Crippen LogP contribution in [0.15, 0.2) is 29.7 Å². The van der Waals surface area contributed by atoms with E-state index in [0.717, 1.165) is 24.4 Å². The Bertz CT molecular complexity index is 673. The van der Waals surface area contributed by atoms with Crippen LogP contribution in [0.2, 0.25) is 0 Å². The summed E-state index contributed by atoms with van der Waals surface area (Å²) in [6, 6.07) is 3.74. The largest absolute Gasteiger partial charge is 0.302 e. The van der Waals surface area contributed by atoms with Crippen molar-refractivity contribution in [3.05, 3.63) is 24.5 Å². The molecule has 2 heterocycles. The molecule has 0 aliphatic carbocycles. The summed E-state index contributed by atoms with van der Waals surface area (Å²) in [4.78, 5) is 26.4. The molecule has 0 bridgehead atoms. The van der Waals surface area contributed by atoms with Crippen LogP contribution in [0.1, 0.15) is 20.3 Å². The number of hydrogen-bond acceptors (Lipinski definition) is 6. The molecule has 2 aromatic rings. The lowest BCUT2D eigenvalue weighted by Crippen LogP contribution is -2.41. The Morgan fingerprint density at radius 2 is 1.96 bits per heavy atom. The van der Waals surface area contributed by atoms with Gasteiger partial charge in [0.2, 0.25) is 11.8 Å². The van der Waals surface area contributed by atoms with Gasteiger partial charge in [0.1, 0.15) is 0 Å². The number of nitrogens with one attached hydrogen (secondary N) is 2. The smallest absolute Gasteiger partial charge is 0.248 e. The zero-order valence-electron chi connectivity index (χ0n) is 12.9. The van der Waals surface area contributed by atoms with E-state index < -0.39 is 0 Å². The molecule has 9 heteroatoms. The molecule has 0 saturated carbocycles. The molecular formula is C14H18N6O2S. The average Bonchev–Trinajstić information content (AvgIpc) is 2.95. The Balaban J connectivity index is 2.09. The molecule has 2 amide bonds. The molecule has 0 aromatic carbocycles. The number of rotatable bonds is 6. The Morgan fingerprint density at radius 1 is 1.22 bits per heavy atom. The van der Waals surface area contributed by atoms with Crippen LogP contribution in [0, 0.1) is 0 Å². The molecule has 0 aliphatic heterocycles. The van der Waals surface area contributed by atoms with Gasteiger partial charge in [-0.05, 0) is 18.6 Å². The summed E-state index contributed by atoms with van der Waals surface area (Å²) in [6.07, 6.45) is 4.32. The summed E-state index contributed by atoms with van der Waals surface area (Å²) >= 11 is 1.27. The highest BCUT2D eigenvalue weighted by Crippen LogP contribution is 2.23. The van der Waals surface area contributed by atoms with Gasteiger partial charge in [-0.1, -0.05) is 18.7 Å². The topological polar surface area (TPSA) is 102 Å². The molecule has 2 N–H and O–H groups in total. The Labute approximate surface area is 138 Å². The van der Waals surface area contributed by atoms with E-state index in [4.69, 9.17) is 0 Å². The first kappa shape index (κ1) is 16.9. The minimum absolute atomic E-state index is 0.137. The predicted molar refractivity (Wildman–Crippen MR) is 86.2 cm³/mol. The predicted octanol–water partition coefficient (Wildman–Crippen LogP) is 1.01. The van der Waals surface area contributed by atoms with Gasteiger partial charge in [-0.15, -0.1) is 10.2 Å². The minimum Gasteiger partial charge on any atom is -0.302 e. The molecule has 0 fully saturated rings. The van der Waals surface area contributed by atoms with Gasteiger partial charge >= 0.3 is 0 Å². The first-order chi connectivity index (χ1) is 11.1. The average molecular weight is 334 g/mol. The van der Waals surface area contributed by atoms with E-state index in [0.29, 0.717) is 5.16 Å². The lowest BCUT2D eigenvalue weighted by Gasteiger charge is -2.09. The number of aromatic nitrogens is 4. The van der Waals surface area contributed by atoms with Crippen LogP contribution in [-0.4, -0.2) is 37.3 Å². The van der Waals surface area contributed by atoms with Crippen LogP contribution in [-0.2, 0) is 16.1 Å². The van der Waals surface area contributed by atoms with Crippen LogP contribution in [0.3, 0.4) is 0 Å². The SMILES string of the molecule is CCCn1c(SCC(=O)NNC(C)=O)nnc1-c1ccncc1. The lowest BCUT2D eigenvalue weighted by atomic mass is 10.2. The maximum atomic E-state index is 11.7. The molecule has 2 rings (SSSR count). The summed E-state index contributed by atoms with van der Waals surface area (Å²) in [5, 5.41) is 9.05. The van der Waals surface area contributed by atoms with Crippen molar-refractivity contribution in [1.29, 1.82) is 0 Å². The van der Waals surface area contributed by atoms with Gasteiger partial charge in [-0.25, -0.2) is 0 Å². The van der Waals surface area contributed by atoms with Crippen molar-refractivity contribution < 1.29 is 9.59 Å². The number of thioether (sulfide) groups is 1. The molecular weight excluding hydrogens is 316 g/mol. The maximum Gasteiger partial charge on any atom is 0.248 e. The number of carbonyl (C=O) groups is 2. The summed E-state index contributed by atoms with van der Waals surface area (Å²) in [5.41, 5.74) is 5.49. The molecule has 0 radical (unpaired) electrons. The minimum atomic E-state index is -0.322. The highest BCUT2D eigenvalue weighted by molar-refractivity contribution is 7.99. The third-order valence-electron chi connectivity index (χ3n) is 2.81. The number of nitrogens with zero attached hydrogens (tertiary/aromatic N) is 4. The van der Waals surface area contributed by atoms with E-state index in [-0.39, 0.29) is 17.6 Å². The fourth-order valence-corrected chi connectivity index (χ4v) is 2.62. The molecule has 0 atom stereocenters. The second-order valence-electron chi connectivity index (χ2n) is 4.71. The van der Waals surface area contributed by atoms with Crippen LogP contribution in [0.5, 0.6) is 0 Å². The third-order valence-corrected chi connectivity index (χ3v) is 3.78. The van der Waals surface area contributed by atoms with Gasteiger partial charge in [-0.2, -0.15) is 0 Å². The van der Waals surface area contributed by atoms with Crippen molar-refractivity contribution in [3.63, 3.8) is 0 Å². The maximum absolute atomic E-state index is 11.7. The Kier molecular flexibility index (Phi) is 6.10. The van der Waals surface area contributed by atoms with Crippen LogP contribution in [0.25, 0.3) is 11.4 Å². The van der Waals surface area contributed by atoms with Gasteiger partial charge in [-0.3, -0.25) is 25.4 Å². The summed E-state index contributed by atoms with van der Waals surface area (Å²) < 4.78 is 1.98. The number of carbonyl (C=O) groups excluding carboxylic acids is 2. The van der Waals surface area contributed by atoms with E-state index in [1.807, 2.05) is 16.7 Å². The highest BCUT2D eigenvalue weighted by atomic mass is 32.2. The van der Waals surface area contributed by atoms with Crippen molar-refractivity contribution in [2.75, 3.05) is 5.75 Å². The van der Waals surface area contributed by atoms with Crippen LogP contribution in [0.4, 0.5) is 0 Å². The molecule has 0 saturated heterocycles. The monoisotopic (exact) mass is 334 g/mol. The van der Waals surface area contributed by atoms with E-state index in [9.17, 15) is 9.59 Å². The first-order valence-electron chi connectivity index (χ1n) is 7.13. The van der Waals surface area contributed by atoms with Gasteiger partial charge in [0.05, 0.1) is 5.75 Å². The number of amides is 2. The van der Waals surface area contributed by atoms with Crippen molar-refractivity contribution in [1.82, 2.24) is 30.6 Å². The number of hydrogen-bond donors (Lipinski definition) is 2. The van der Waals surface area contributed by atoms with Gasteiger partial charge in [0, 0.05) is 31.4 Å². The molecule has 8 nitrogen and oxygen atoms in total. The van der Waals surface area contributed by atoms with Gasteiger partial charge in [0.15, 0.2) is 11.0 Å². The summed E-state index contributed by atoms with van der Waals surface area (Å²) in [6.45, 7) is 4.14. The normalized spacial score (nSPS) is 10.3. The van der Waals surface area contributed by atoms with E-state index in [2.05, 4.69) is 33.0 Å². The molecule has 0 unspecified atom stereocenters. The Morgan fingerprint density at radius 3 is 2.61 bits per heavy atom. The highest BCUT2D eigenvalue weighted by Gasteiger charge is 2.15.